The van der Waals surface area contributed by atoms with E-state index in [2.05, 4.69) is 5.32 Å². The molecular weight excluding hydrogens is 220 g/mol. The number of alkyl halides is 2. The average Bonchev–Trinajstić information content (AvgIpc) is 2.24. The van der Waals surface area contributed by atoms with Gasteiger partial charge in [0.2, 0.25) is 0 Å². The van der Waals surface area contributed by atoms with E-state index in [0.29, 0.717) is 12.5 Å². The van der Waals surface area contributed by atoms with E-state index in [1.165, 1.54) is 6.42 Å². The Hall–Kier alpha value is -0.960. The van der Waals surface area contributed by atoms with Crippen molar-refractivity contribution in [1.29, 1.82) is 0 Å². The lowest BCUT2D eigenvalue weighted by Gasteiger charge is -2.30. The number of benzene rings is 1. The van der Waals surface area contributed by atoms with Crippen molar-refractivity contribution >= 4 is 0 Å². The van der Waals surface area contributed by atoms with Crippen LogP contribution >= 0.6 is 0 Å². The first-order valence-electron chi connectivity index (χ1n) is 6.34. The average molecular weight is 239 g/mol. The van der Waals surface area contributed by atoms with Gasteiger partial charge in [0.05, 0.1) is 6.04 Å². The van der Waals surface area contributed by atoms with Crippen LogP contribution in [0.2, 0.25) is 0 Å². The van der Waals surface area contributed by atoms with Crippen LogP contribution < -0.4 is 5.32 Å². The third kappa shape index (κ3) is 2.65. The van der Waals surface area contributed by atoms with Gasteiger partial charge in [-0.1, -0.05) is 37.6 Å². The molecule has 1 aromatic rings. The van der Waals surface area contributed by atoms with Gasteiger partial charge in [0, 0.05) is 0 Å². The fraction of sp³-hybridized carbons (Fsp3) is 0.571. The fourth-order valence-electron chi connectivity index (χ4n) is 2.44. The van der Waals surface area contributed by atoms with E-state index in [1.807, 2.05) is 31.2 Å². The molecule has 1 fully saturated rings. The normalized spacial score (nSPS) is 18.1. The topological polar surface area (TPSA) is 12.0 Å². The summed E-state index contributed by atoms with van der Waals surface area (Å²) in [6, 6.07) is 6.83. The minimum Gasteiger partial charge on any atom is -0.305 e. The molecular formula is C14H19F2N. The maximum Gasteiger partial charge on any atom is 0.257 e. The van der Waals surface area contributed by atoms with Gasteiger partial charge in [0.15, 0.2) is 0 Å². The molecule has 1 nitrogen and oxygen atoms in total. The van der Waals surface area contributed by atoms with Crippen molar-refractivity contribution in [2.24, 2.45) is 0 Å². The fourth-order valence-corrected chi connectivity index (χ4v) is 2.44. The Bertz CT molecular complexity index is 361. The van der Waals surface area contributed by atoms with E-state index in [0.717, 1.165) is 24.0 Å². The lowest BCUT2D eigenvalue weighted by atomic mass is 9.77. The predicted octanol–water partition coefficient (Wildman–Crippen LogP) is 3.87. The molecule has 3 heteroatoms. The Morgan fingerprint density at radius 3 is 2.53 bits per heavy atom. The smallest absolute Gasteiger partial charge is 0.257 e. The monoisotopic (exact) mass is 239 g/mol. The van der Waals surface area contributed by atoms with Crippen LogP contribution in [0.1, 0.15) is 49.3 Å². The van der Waals surface area contributed by atoms with Crippen LogP contribution in [0.4, 0.5) is 8.78 Å². The van der Waals surface area contributed by atoms with E-state index in [4.69, 9.17) is 0 Å². The number of halogens is 2. The second-order valence-corrected chi connectivity index (χ2v) is 4.63. The SMILES string of the molecule is CCNC(c1ccccc1C1CCC1)C(F)F. The Balaban J connectivity index is 2.27. The third-order valence-electron chi connectivity index (χ3n) is 3.55. The molecule has 17 heavy (non-hydrogen) atoms. The van der Waals surface area contributed by atoms with Gasteiger partial charge in [-0.25, -0.2) is 8.78 Å². The summed E-state index contributed by atoms with van der Waals surface area (Å²) in [5, 5.41) is 2.89. The summed E-state index contributed by atoms with van der Waals surface area (Å²) in [5.74, 6) is 0.492. The van der Waals surface area contributed by atoms with Crippen molar-refractivity contribution in [2.75, 3.05) is 6.54 Å². The molecule has 0 bridgehead atoms. The summed E-state index contributed by atoms with van der Waals surface area (Å²) in [6.45, 7) is 2.43. The summed E-state index contributed by atoms with van der Waals surface area (Å²) in [5.41, 5.74) is 1.90. The summed E-state index contributed by atoms with van der Waals surface area (Å²) < 4.78 is 26.1. The van der Waals surface area contributed by atoms with E-state index in [9.17, 15) is 8.78 Å². The number of hydrogen-bond donors (Lipinski definition) is 1. The third-order valence-corrected chi connectivity index (χ3v) is 3.55. The Labute approximate surface area is 101 Å². The highest BCUT2D eigenvalue weighted by molar-refractivity contribution is 5.34. The highest BCUT2D eigenvalue weighted by atomic mass is 19.3. The summed E-state index contributed by atoms with van der Waals surface area (Å²) >= 11 is 0. The van der Waals surface area contributed by atoms with Crippen LogP contribution in [0.25, 0.3) is 0 Å². The van der Waals surface area contributed by atoms with Gasteiger partial charge in [-0.05, 0) is 36.4 Å². The van der Waals surface area contributed by atoms with Crippen LogP contribution in [0.5, 0.6) is 0 Å². The molecule has 0 amide bonds. The van der Waals surface area contributed by atoms with Crippen molar-refractivity contribution in [1.82, 2.24) is 5.32 Å². The van der Waals surface area contributed by atoms with Crippen LogP contribution in [-0.4, -0.2) is 13.0 Å². The molecule has 1 aliphatic rings. The molecule has 2 rings (SSSR count). The number of rotatable bonds is 5. The second kappa shape index (κ2) is 5.58. The largest absolute Gasteiger partial charge is 0.305 e. The molecule has 1 N–H and O–H groups in total. The maximum atomic E-state index is 13.1. The standard InChI is InChI=1S/C14H19F2N/c1-2-17-13(14(15)16)12-9-4-3-8-11(12)10-6-5-7-10/h3-4,8-10,13-14,17H,2,5-7H2,1H3. The molecule has 0 radical (unpaired) electrons. The molecule has 1 atom stereocenters. The lowest BCUT2D eigenvalue weighted by molar-refractivity contribution is 0.0984. The van der Waals surface area contributed by atoms with Gasteiger partial charge in [-0.15, -0.1) is 0 Å². The highest BCUT2D eigenvalue weighted by Gasteiger charge is 2.28. The molecule has 0 aliphatic heterocycles. The molecule has 1 saturated carbocycles. The molecule has 1 aliphatic carbocycles. The first-order chi connectivity index (χ1) is 8.24. The molecule has 0 spiro atoms. The molecule has 0 heterocycles. The lowest BCUT2D eigenvalue weighted by Crippen LogP contribution is -2.29. The van der Waals surface area contributed by atoms with Gasteiger partial charge in [0.25, 0.3) is 6.43 Å². The zero-order valence-electron chi connectivity index (χ0n) is 10.1. The first kappa shape index (κ1) is 12.5. The van der Waals surface area contributed by atoms with Crippen molar-refractivity contribution in [3.05, 3.63) is 35.4 Å². The van der Waals surface area contributed by atoms with Gasteiger partial charge < -0.3 is 5.32 Å². The highest BCUT2D eigenvalue weighted by Crippen LogP contribution is 2.40. The zero-order valence-corrected chi connectivity index (χ0v) is 10.1. The molecule has 1 aromatic carbocycles. The second-order valence-electron chi connectivity index (χ2n) is 4.63. The van der Waals surface area contributed by atoms with E-state index < -0.39 is 12.5 Å². The summed E-state index contributed by atoms with van der Waals surface area (Å²) in [6.07, 6.45) is 1.15. The van der Waals surface area contributed by atoms with Crippen LogP contribution in [0.15, 0.2) is 24.3 Å². The van der Waals surface area contributed by atoms with Crippen molar-refractivity contribution in [3.8, 4) is 0 Å². The van der Waals surface area contributed by atoms with Crippen molar-refractivity contribution in [3.63, 3.8) is 0 Å². The first-order valence-corrected chi connectivity index (χ1v) is 6.34. The Kier molecular flexibility index (Phi) is 4.11. The van der Waals surface area contributed by atoms with Gasteiger partial charge in [-0.3, -0.25) is 0 Å². The van der Waals surface area contributed by atoms with E-state index in [-0.39, 0.29) is 0 Å². The predicted molar refractivity (Wildman–Crippen MR) is 65.5 cm³/mol. The number of hydrogen-bond acceptors (Lipinski definition) is 1. The van der Waals surface area contributed by atoms with Crippen LogP contribution in [0, 0.1) is 0 Å². The summed E-state index contributed by atoms with van der Waals surface area (Å²) in [4.78, 5) is 0. The summed E-state index contributed by atoms with van der Waals surface area (Å²) in [7, 11) is 0. The zero-order chi connectivity index (χ0) is 12.3. The maximum absolute atomic E-state index is 13.1. The molecule has 1 unspecified atom stereocenters. The van der Waals surface area contributed by atoms with Gasteiger partial charge >= 0.3 is 0 Å². The molecule has 94 valence electrons. The Morgan fingerprint density at radius 2 is 2.00 bits per heavy atom. The van der Waals surface area contributed by atoms with Gasteiger partial charge in [-0.2, -0.15) is 0 Å². The minimum absolute atomic E-state index is 0.492. The Morgan fingerprint density at radius 1 is 1.29 bits per heavy atom. The van der Waals surface area contributed by atoms with Crippen molar-refractivity contribution < 1.29 is 8.78 Å². The van der Waals surface area contributed by atoms with E-state index in [1.54, 1.807) is 0 Å². The molecule has 0 saturated heterocycles. The van der Waals surface area contributed by atoms with Gasteiger partial charge in [0.1, 0.15) is 0 Å². The number of nitrogens with one attached hydrogen (secondary N) is 1. The van der Waals surface area contributed by atoms with Crippen LogP contribution in [-0.2, 0) is 0 Å². The van der Waals surface area contributed by atoms with Crippen molar-refractivity contribution in [2.45, 2.75) is 44.6 Å². The quantitative estimate of drug-likeness (QED) is 0.822. The minimum atomic E-state index is -2.35. The van der Waals surface area contributed by atoms with Crippen LogP contribution in [0.3, 0.4) is 0 Å². The molecule has 0 aromatic heterocycles. The van der Waals surface area contributed by atoms with E-state index >= 15 is 0 Å².